The van der Waals surface area contributed by atoms with E-state index in [2.05, 4.69) is 5.32 Å². The normalized spacial score (nSPS) is 12.1. The Hall–Kier alpha value is -1.75. The topological polar surface area (TPSA) is 84.6 Å². The maximum atomic E-state index is 11.8. The first-order valence-electron chi connectivity index (χ1n) is 6.63. The van der Waals surface area contributed by atoms with Crippen LogP contribution in [0.25, 0.3) is 0 Å². The number of carbonyl (C=O) groups excluding carboxylic acids is 1. The van der Waals surface area contributed by atoms with Gasteiger partial charge >= 0.3 is 0 Å². The van der Waals surface area contributed by atoms with Crippen molar-refractivity contribution >= 4 is 11.6 Å². The summed E-state index contributed by atoms with van der Waals surface area (Å²) in [6, 6.07) is 7.06. The summed E-state index contributed by atoms with van der Waals surface area (Å²) in [5.74, 6) is 0.473. The molecule has 0 radical (unpaired) electrons. The molecular formula is C15H24N2O3. The zero-order valence-electron chi connectivity index (χ0n) is 12.6. The fourth-order valence-electron chi connectivity index (χ4n) is 1.43. The number of aliphatic hydroxyl groups is 1. The third-order valence-electron chi connectivity index (χ3n) is 3.44. The molecule has 4 N–H and O–H groups in total. The highest BCUT2D eigenvalue weighted by molar-refractivity contribution is 5.77. The van der Waals surface area contributed by atoms with Gasteiger partial charge in [0.25, 0.3) is 0 Å². The van der Waals surface area contributed by atoms with Crippen LogP contribution < -0.4 is 15.8 Å². The smallest absolute Gasteiger partial charge is 0.223 e. The van der Waals surface area contributed by atoms with E-state index >= 15 is 0 Å². The van der Waals surface area contributed by atoms with Crippen molar-refractivity contribution in [3.63, 3.8) is 0 Å². The van der Waals surface area contributed by atoms with Crippen molar-refractivity contribution in [2.75, 3.05) is 12.3 Å². The number of benzene rings is 1. The van der Waals surface area contributed by atoms with Crippen LogP contribution in [0, 0.1) is 0 Å². The first-order valence-corrected chi connectivity index (χ1v) is 6.63. The minimum absolute atomic E-state index is 0.166. The average Bonchev–Trinajstić information content (AvgIpc) is 2.26. The molecule has 0 spiro atoms. The summed E-state index contributed by atoms with van der Waals surface area (Å²) in [5, 5.41) is 12.8. The molecule has 0 aliphatic heterocycles. The summed E-state index contributed by atoms with van der Waals surface area (Å²) in [6.45, 7) is 7.15. The molecule has 0 heterocycles. The van der Waals surface area contributed by atoms with E-state index in [0.717, 1.165) is 0 Å². The van der Waals surface area contributed by atoms with Gasteiger partial charge in [-0.1, -0.05) is 6.07 Å². The first-order chi connectivity index (χ1) is 9.12. The van der Waals surface area contributed by atoms with Crippen molar-refractivity contribution in [3.8, 4) is 5.75 Å². The molecule has 1 rings (SSSR count). The number of amides is 1. The molecule has 0 bridgehead atoms. The standard InChI is InChI=1S/C15H24N2O3/c1-14(2,15(3,4)19)17-13(18)8-9-20-12-7-5-6-11(16)10-12/h5-7,10,19H,8-9,16H2,1-4H3,(H,17,18). The predicted molar refractivity (Wildman–Crippen MR) is 79.5 cm³/mol. The van der Waals surface area contributed by atoms with Crippen LogP contribution in [0.5, 0.6) is 5.75 Å². The van der Waals surface area contributed by atoms with Crippen LogP contribution in [0.1, 0.15) is 34.1 Å². The van der Waals surface area contributed by atoms with Gasteiger partial charge in [-0.15, -0.1) is 0 Å². The highest BCUT2D eigenvalue weighted by atomic mass is 16.5. The summed E-state index contributed by atoms with van der Waals surface area (Å²) in [7, 11) is 0. The third-order valence-corrected chi connectivity index (χ3v) is 3.44. The van der Waals surface area contributed by atoms with Gasteiger partial charge in [-0.25, -0.2) is 0 Å². The lowest BCUT2D eigenvalue weighted by molar-refractivity contribution is -0.126. The van der Waals surface area contributed by atoms with Crippen molar-refractivity contribution in [2.24, 2.45) is 0 Å². The number of nitrogen functional groups attached to an aromatic ring is 1. The minimum Gasteiger partial charge on any atom is -0.493 e. The van der Waals surface area contributed by atoms with E-state index in [0.29, 0.717) is 11.4 Å². The van der Waals surface area contributed by atoms with Crippen molar-refractivity contribution in [3.05, 3.63) is 24.3 Å². The van der Waals surface area contributed by atoms with Gasteiger partial charge in [0.15, 0.2) is 0 Å². The van der Waals surface area contributed by atoms with Crippen LogP contribution >= 0.6 is 0 Å². The summed E-state index contributed by atoms with van der Waals surface area (Å²) in [6.07, 6.45) is 0.217. The van der Waals surface area contributed by atoms with Crippen LogP contribution in [0.3, 0.4) is 0 Å². The number of hydrogen-bond donors (Lipinski definition) is 3. The Kier molecular flexibility index (Phi) is 5.00. The van der Waals surface area contributed by atoms with Crippen molar-refractivity contribution in [2.45, 2.75) is 45.3 Å². The summed E-state index contributed by atoms with van der Waals surface area (Å²) in [5.41, 5.74) is 4.55. The third kappa shape index (κ3) is 4.74. The Morgan fingerprint density at radius 1 is 1.35 bits per heavy atom. The van der Waals surface area contributed by atoms with Crippen molar-refractivity contribution < 1.29 is 14.6 Å². The van der Waals surface area contributed by atoms with Crippen LogP contribution in [0.15, 0.2) is 24.3 Å². The number of ether oxygens (including phenoxy) is 1. The van der Waals surface area contributed by atoms with E-state index in [-0.39, 0.29) is 18.9 Å². The van der Waals surface area contributed by atoms with Crippen LogP contribution in [0.4, 0.5) is 5.69 Å². The van der Waals surface area contributed by atoms with Gasteiger partial charge in [0.05, 0.1) is 24.2 Å². The molecule has 5 nitrogen and oxygen atoms in total. The average molecular weight is 280 g/mol. The molecule has 0 aromatic heterocycles. The molecule has 112 valence electrons. The molecule has 0 atom stereocenters. The Bertz CT molecular complexity index is 464. The molecule has 0 aliphatic carbocycles. The number of anilines is 1. The van der Waals surface area contributed by atoms with Crippen molar-refractivity contribution in [1.82, 2.24) is 5.32 Å². The van der Waals surface area contributed by atoms with Crippen LogP contribution in [-0.4, -0.2) is 28.8 Å². The number of nitrogens with one attached hydrogen (secondary N) is 1. The Morgan fingerprint density at radius 2 is 2.00 bits per heavy atom. The quantitative estimate of drug-likeness (QED) is 0.692. The predicted octanol–water partition coefficient (Wildman–Crippen LogP) is 1.70. The molecule has 0 saturated carbocycles. The largest absolute Gasteiger partial charge is 0.493 e. The second kappa shape index (κ2) is 6.13. The van der Waals surface area contributed by atoms with E-state index in [1.165, 1.54) is 0 Å². The van der Waals surface area contributed by atoms with Gasteiger partial charge in [0.1, 0.15) is 5.75 Å². The number of carbonyl (C=O) groups is 1. The second-order valence-electron chi connectivity index (χ2n) is 5.90. The summed E-state index contributed by atoms with van der Waals surface area (Å²) < 4.78 is 5.45. The second-order valence-corrected chi connectivity index (χ2v) is 5.90. The highest BCUT2D eigenvalue weighted by Gasteiger charge is 2.36. The monoisotopic (exact) mass is 280 g/mol. The van der Waals surface area contributed by atoms with Gasteiger partial charge in [-0.2, -0.15) is 0 Å². The summed E-state index contributed by atoms with van der Waals surface area (Å²) >= 11 is 0. The molecule has 0 fully saturated rings. The fraction of sp³-hybridized carbons (Fsp3) is 0.533. The molecule has 0 saturated heterocycles. The van der Waals surface area contributed by atoms with E-state index in [9.17, 15) is 9.90 Å². The van der Waals surface area contributed by atoms with E-state index in [4.69, 9.17) is 10.5 Å². The molecular weight excluding hydrogens is 256 g/mol. The molecule has 1 amide bonds. The van der Waals surface area contributed by atoms with Gasteiger partial charge < -0.3 is 20.9 Å². The Balaban J connectivity index is 2.41. The zero-order chi connectivity index (χ0) is 15.4. The SMILES string of the molecule is CC(C)(O)C(C)(C)NC(=O)CCOc1cccc(N)c1. The Labute approximate surface area is 120 Å². The molecule has 0 aliphatic rings. The van der Waals surface area contributed by atoms with Crippen LogP contribution in [-0.2, 0) is 4.79 Å². The van der Waals surface area contributed by atoms with E-state index < -0.39 is 11.1 Å². The summed E-state index contributed by atoms with van der Waals surface area (Å²) in [4.78, 5) is 11.8. The van der Waals surface area contributed by atoms with Crippen LogP contribution in [0.2, 0.25) is 0 Å². The van der Waals surface area contributed by atoms with Crippen molar-refractivity contribution in [1.29, 1.82) is 0 Å². The molecule has 5 heteroatoms. The number of rotatable bonds is 6. The highest BCUT2D eigenvalue weighted by Crippen LogP contribution is 2.20. The van der Waals surface area contributed by atoms with Gasteiger partial charge in [0, 0.05) is 11.8 Å². The lowest BCUT2D eigenvalue weighted by Gasteiger charge is -2.38. The first kappa shape index (κ1) is 16.3. The maximum Gasteiger partial charge on any atom is 0.223 e. The van der Waals surface area contributed by atoms with Gasteiger partial charge in [0.2, 0.25) is 5.91 Å². The Morgan fingerprint density at radius 3 is 2.55 bits per heavy atom. The van der Waals surface area contributed by atoms with Gasteiger partial charge in [-0.05, 0) is 39.8 Å². The minimum atomic E-state index is -1.00. The molecule has 1 aromatic carbocycles. The van der Waals surface area contributed by atoms with E-state index in [1.54, 1.807) is 52.0 Å². The molecule has 20 heavy (non-hydrogen) atoms. The molecule has 1 aromatic rings. The number of hydrogen-bond acceptors (Lipinski definition) is 4. The lowest BCUT2D eigenvalue weighted by Crippen LogP contribution is -2.57. The zero-order valence-corrected chi connectivity index (χ0v) is 12.6. The fourth-order valence-corrected chi connectivity index (χ4v) is 1.43. The lowest BCUT2D eigenvalue weighted by atomic mass is 9.86. The number of nitrogens with two attached hydrogens (primary N) is 1. The van der Waals surface area contributed by atoms with Gasteiger partial charge in [-0.3, -0.25) is 4.79 Å². The maximum absolute atomic E-state index is 11.8. The van der Waals surface area contributed by atoms with E-state index in [1.807, 2.05) is 0 Å². The molecule has 0 unspecified atom stereocenters.